The first-order valence-corrected chi connectivity index (χ1v) is 8.79. The molecule has 0 unspecified atom stereocenters. The molecule has 0 aliphatic heterocycles. The number of carbonyl (C=O) groups is 1. The molecule has 1 amide bonds. The van der Waals surface area contributed by atoms with Gasteiger partial charge in [-0.25, -0.2) is 0 Å². The second kappa shape index (κ2) is 7.54. The molecule has 132 valence electrons. The van der Waals surface area contributed by atoms with E-state index in [0.29, 0.717) is 11.5 Å². The number of thiocarbonyl (C=S) groups is 1. The smallest absolute Gasteiger partial charge is 0.257 e. The van der Waals surface area contributed by atoms with Crippen molar-refractivity contribution in [1.29, 1.82) is 0 Å². The summed E-state index contributed by atoms with van der Waals surface area (Å²) in [7, 11) is 0. The van der Waals surface area contributed by atoms with E-state index >= 15 is 0 Å². The van der Waals surface area contributed by atoms with Crippen LogP contribution in [0.4, 0.5) is 5.69 Å². The lowest BCUT2D eigenvalue weighted by Crippen LogP contribution is -2.34. The SMILES string of the molecule is CC(C)c1ccc(C(=O)NC(=S)Nc2cccc3cc(O)ccc23)cc1. The monoisotopic (exact) mass is 364 g/mol. The summed E-state index contributed by atoms with van der Waals surface area (Å²) < 4.78 is 0. The minimum atomic E-state index is -0.254. The van der Waals surface area contributed by atoms with Crippen molar-refractivity contribution in [2.24, 2.45) is 0 Å². The van der Waals surface area contributed by atoms with Crippen LogP contribution in [0.1, 0.15) is 35.7 Å². The predicted molar refractivity (Wildman–Crippen MR) is 110 cm³/mol. The predicted octanol–water partition coefficient (Wildman–Crippen LogP) is 4.80. The summed E-state index contributed by atoms with van der Waals surface area (Å²) in [5.74, 6) is 0.367. The number of fused-ring (bicyclic) bond motifs is 1. The highest BCUT2D eigenvalue weighted by atomic mass is 32.1. The van der Waals surface area contributed by atoms with Crippen LogP contribution in [0.2, 0.25) is 0 Å². The lowest BCUT2D eigenvalue weighted by Gasteiger charge is -2.12. The summed E-state index contributed by atoms with van der Waals surface area (Å²) in [6.07, 6.45) is 0. The molecule has 0 saturated heterocycles. The Morgan fingerprint density at radius 3 is 2.46 bits per heavy atom. The van der Waals surface area contributed by atoms with Gasteiger partial charge in [0.15, 0.2) is 5.11 Å². The molecule has 5 heteroatoms. The van der Waals surface area contributed by atoms with E-state index in [2.05, 4.69) is 24.5 Å². The van der Waals surface area contributed by atoms with Crippen molar-refractivity contribution >= 4 is 39.7 Å². The molecule has 0 radical (unpaired) electrons. The molecule has 3 aromatic rings. The molecule has 0 bridgehead atoms. The van der Waals surface area contributed by atoms with E-state index in [0.717, 1.165) is 16.5 Å². The van der Waals surface area contributed by atoms with Gasteiger partial charge in [-0.3, -0.25) is 10.1 Å². The molecule has 0 aliphatic rings. The van der Waals surface area contributed by atoms with Gasteiger partial charge >= 0.3 is 0 Å². The Kier molecular flexibility index (Phi) is 5.19. The van der Waals surface area contributed by atoms with Gasteiger partial charge in [0.2, 0.25) is 0 Å². The largest absolute Gasteiger partial charge is 0.508 e. The second-order valence-electron chi connectivity index (χ2n) is 6.40. The molecule has 3 N–H and O–H groups in total. The first-order valence-electron chi connectivity index (χ1n) is 8.38. The number of aromatic hydroxyl groups is 1. The van der Waals surface area contributed by atoms with Crippen LogP contribution in [0, 0.1) is 0 Å². The van der Waals surface area contributed by atoms with Gasteiger partial charge in [0.05, 0.1) is 0 Å². The molecule has 3 aromatic carbocycles. The Balaban J connectivity index is 1.72. The maximum absolute atomic E-state index is 12.4. The van der Waals surface area contributed by atoms with Crippen molar-refractivity contribution in [2.45, 2.75) is 19.8 Å². The minimum absolute atomic E-state index is 0.204. The van der Waals surface area contributed by atoms with Crippen molar-refractivity contribution in [3.8, 4) is 5.75 Å². The van der Waals surface area contributed by atoms with E-state index in [-0.39, 0.29) is 16.8 Å². The number of amides is 1. The zero-order chi connectivity index (χ0) is 18.7. The Hall–Kier alpha value is -2.92. The fourth-order valence-corrected chi connectivity index (χ4v) is 2.93. The summed E-state index contributed by atoms with van der Waals surface area (Å²) in [5.41, 5.74) is 2.51. The van der Waals surface area contributed by atoms with Gasteiger partial charge in [-0.05, 0) is 65.5 Å². The molecule has 0 spiro atoms. The van der Waals surface area contributed by atoms with Gasteiger partial charge in [-0.2, -0.15) is 0 Å². The lowest BCUT2D eigenvalue weighted by atomic mass is 10.0. The molecular formula is C21H20N2O2S. The number of phenolic OH excluding ortho intramolecular Hbond substituents is 1. The van der Waals surface area contributed by atoms with Crippen molar-refractivity contribution < 1.29 is 9.90 Å². The van der Waals surface area contributed by atoms with Gasteiger partial charge in [0.25, 0.3) is 5.91 Å². The van der Waals surface area contributed by atoms with E-state index in [1.807, 2.05) is 36.4 Å². The molecule has 0 fully saturated rings. The fourth-order valence-electron chi connectivity index (χ4n) is 2.73. The molecule has 4 nitrogen and oxygen atoms in total. The first kappa shape index (κ1) is 17.9. The Bertz CT molecular complexity index is 965. The van der Waals surface area contributed by atoms with Crippen LogP contribution in [0.3, 0.4) is 0 Å². The summed E-state index contributed by atoms with van der Waals surface area (Å²) >= 11 is 5.28. The van der Waals surface area contributed by atoms with Crippen LogP contribution < -0.4 is 10.6 Å². The number of carbonyl (C=O) groups excluding carboxylic acids is 1. The number of nitrogens with one attached hydrogen (secondary N) is 2. The molecule has 0 saturated carbocycles. The zero-order valence-corrected chi connectivity index (χ0v) is 15.4. The third-order valence-corrected chi connectivity index (χ3v) is 4.38. The lowest BCUT2D eigenvalue weighted by molar-refractivity contribution is 0.0977. The van der Waals surface area contributed by atoms with Crippen molar-refractivity contribution in [2.75, 3.05) is 5.32 Å². The normalized spacial score (nSPS) is 10.7. The van der Waals surface area contributed by atoms with Crippen molar-refractivity contribution in [3.05, 3.63) is 71.8 Å². The highest BCUT2D eigenvalue weighted by molar-refractivity contribution is 7.80. The molecule has 3 rings (SSSR count). The average Bonchev–Trinajstić information content (AvgIpc) is 2.61. The van der Waals surface area contributed by atoms with Gasteiger partial charge in [0, 0.05) is 16.6 Å². The average molecular weight is 364 g/mol. The van der Waals surface area contributed by atoms with Gasteiger partial charge < -0.3 is 10.4 Å². The minimum Gasteiger partial charge on any atom is -0.508 e. The van der Waals surface area contributed by atoms with Crippen molar-refractivity contribution in [1.82, 2.24) is 5.32 Å². The molecular weight excluding hydrogens is 344 g/mol. The van der Waals surface area contributed by atoms with Gasteiger partial charge in [-0.15, -0.1) is 0 Å². The van der Waals surface area contributed by atoms with E-state index in [9.17, 15) is 9.90 Å². The molecule has 0 aliphatic carbocycles. The second-order valence-corrected chi connectivity index (χ2v) is 6.80. The molecule has 26 heavy (non-hydrogen) atoms. The summed E-state index contributed by atoms with van der Waals surface area (Å²) in [4.78, 5) is 12.4. The van der Waals surface area contributed by atoms with Gasteiger partial charge in [-0.1, -0.05) is 38.1 Å². The van der Waals surface area contributed by atoms with E-state index in [1.54, 1.807) is 24.3 Å². The Labute approximate surface area is 157 Å². The summed E-state index contributed by atoms with van der Waals surface area (Å²) in [5, 5.41) is 17.4. The number of rotatable bonds is 3. The maximum Gasteiger partial charge on any atom is 0.257 e. The number of benzene rings is 3. The number of phenols is 1. The van der Waals surface area contributed by atoms with Crippen LogP contribution in [0.5, 0.6) is 5.75 Å². The quantitative estimate of drug-likeness (QED) is 0.585. The summed E-state index contributed by atoms with van der Waals surface area (Å²) in [6, 6.07) is 18.2. The Morgan fingerprint density at radius 2 is 1.77 bits per heavy atom. The first-order chi connectivity index (χ1) is 12.4. The molecule has 0 heterocycles. The number of hydrogen-bond donors (Lipinski definition) is 3. The molecule has 0 atom stereocenters. The standard InChI is InChI=1S/C21H20N2O2S/c1-13(2)14-6-8-15(9-7-14)20(25)23-21(26)22-19-5-3-4-16-12-17(24)10-11-18(16)19/h3-13,24H,1-2H3,(H2,22,23,25,26). The van der Waals surface area contributed by atoms with Crippen LogP contribution >= 0.6 is 12.2 Å². The fraction of sp³-hybridized carbons (Fsp3) is 0.143. The van der Waals surface area contributed by atoms with Gasteiger partial charge in [0.1, 0.15) is 5.75 Å². The maximum atomic E-state index is 12.4. The van der Waals surface area contributed by atoms with Crippen LogP contribution in [0.15, 0.2) is 60.7 Å². The topological polar surface area (TPSA) is 61.4 Å². The van der Waals surface area contributed by atoms with E-state index < -0.39 is 0 Å². The molecule has 0 aromatic heterocycles. The Morgan fingerprint density at radius 1 is 1.04 bits per heavy atom. The van der Waals surface area contributed by atoms with Crippen LogP contribution in [-0.2, 0) is 0 Å². The van der Waals surface area contributed by atoms with Crippen molar-refractivity contribution in [3.63, 3.8) is 0 Å². The zero-order valence-electron chi connectivity index (χ0n) is 14.6. The third-order valence-electron chi connectivity index (χ3n) is 4.18. The number of hydrogen-bond acceptors (Lipinski definition) is 3. The van der Waals surface area contributed by atoms with Crippen LogP contribution in [0.25, 0.3) is 10.8 Å². The van der Waals surface area contributed by atoms with Crippen LogP contribution in [-0.4, -0.2) is 16.1 Å². The highest BCUT2D eigenvalue weighted by Crippen LogP contribution is 2.26. The number of anilines is 1. The van der Waals surface area contributed by atoms with E-state index in [1.165, 1.54) is 5.56 Å². The van der Waals surface area contributed by atoms with E-state index in [4.69, 9.17) is 12.2 Å². The summed E-state index contributed by atoms with van der Waals surface area (Å²) in [6.45, 7) is 4.22. The highest BCUT2D eigenvalue weighted by Gasteiger charge is 2.10. The third kappa shape index (κ3) is 4.00.